The van der Waals surface area contributed by atoms with E-state index < -0.39 is 5.95 Å². The number of rotatable bonds is 3. The first-order valence-electron chi connectivity index (χ1n) is 3.82. The number of hydrogen-bond acceptors (Lipinski definition) is 3. The van der Waals surface area contributed by atoms with E-state index in [1.165, 1.54) is 0 Å². The molecule has 3 nitrogen and oxygen atoms in total. The maximum atomic E-state index is 13.1. The lowest BCUT2D eigenvalue weighted by Gasteiger charge is -2.02. The molecule has 1 heterocycles. The third-order valence-corrected chi connectivity index (χ3v) is 2.78. The van der Waals surface area contributed by atoms with Gasteiger partial charge in [-0.1, -0.05) is 0 Å². The molecule has 0 unspecified atom stereocenters. The molecule has 0 atom stereocenters. The third-order valence-electron chi connectivity index (χ3n) is 1.55. The largest absolute Gasteiger partial charge is 0.384 e. The number of aryl methyl sites for hydroxylation is 1. The van der Waals surface area contributed by atoms with Crippen LogP contribution in [-0.4, -0.2) is 23.7 Å². The van der Waals surface area contributed by atoms with E-state index in [2.05, 4.69) is 9.97 Å². The molecule has 0 saturated carbocycles. The molecule has 0 amide bonds. The molecule has 1 aromatic rings. The third kappa shape index (κ3) is 2.84. The highest BCUT2D eigenvalue weighted by molar-refractivity contribution is 14.1. The molecule has 5 heteroatoms. The first-order chi connectivity index (χ1) is 6.15. The summed E-state index contributed by atoms with van der Waals surface area (Å²) in [6.07, 6.45) is 0.547. The van der Waals surface area contributed by atoms with Crippen molar-refractivity contribution in [2.24, 2.45) is 0 Å². The Morgan fingerprint density at radius 2 is 2.15 bits per heavy atom. The van der Waals surface area contributed by atoms with Gasteiger partial charge < -0.3 is 4.74 Å². The van der Waals surface area contributed by atoms with Crippen molar-refractivity contribution in [1.29, 1.82) is 0 Å². The Hall–Kier alpha value is -0.300. The quantitative estimate of drug-likeness (QED) is 0.629. The fourth-order valence-electron chi connectivity index (χ4n) is 0.884. The minimum Gasteiger partial charge on any atom is -0.384 e. The molecule has 0 aliphatic rings. The van der Waals surface area contributed by atoms with E-state index in [-0.39, 0.29) is 0 Å². The second-order valence-electron chi connectivity index (χ2n) is 2.57. The lowest BCUT2D eigenvalue weighted by atomic mass is 10.4. The lowest BCUT2D eigenvalue weighted by Crippen LogP contribution is -2.06. The SMILES string of the molecule is COCCc1nc(C)c(I)c(F)n1. The predicted molar refractivity (Wildman–Crippen MR) is 55.0 cm³/mol. The monoisotopic (exact) mass is 296 g/mol. The molecule has 1 rings (SSSR count). The molecule has 0 N–H and O–H groups in total. The van der Waals surface area contributed by atoms with Gasteiger partial charge in [-0.15, -0.1) is 0 Å². The Balaban J connectivity index is 2.86. The van der Waals surface area contributed by atoms with E-state index in [1.807, 2.05) is 22.6 Å². The average molecular weight is 296 g/mol. The summed E-state index contributed by atoms with van der Waals surface area (Å²) in [4.78, 5) is 7.84. The number of halogens is 2. The standard InChI is InChI=1S/C8H10FIN2O/c1-5-7(10)8(9)12-6(11-5)3-4-13-2/h3-4H2,1-2H3. The lowest BCUT2D eigenvalue weighted by molar-refractivity contribution is 0.200. The van der Waals surface area contributed by atoms with Crippen LogP contribution < -0.4 is 0 Å². The van der Waals surface area contributed by atoms with Crippen LogP contribution in [0.3, 0.4) is 0 Å². The van der Waals surface area contributed by atoms with Gasteiger partial charge in [-0.3, -0.25) is 0 Å². The Morgan fingerprint density at radius 3 is 2.69 bits per heavy atom. The van der Waals surface area contributed by atoms with Gasteiger partial charge in [0, 0.05) is 13.5 Å². The van der Waals surface area contributed by atoms with Gasteiger partial charge in [0.15, 0.2) is 0 Å². The van der Waals surface area contributed by atoms with E-state index >= 15 is 0 Å². The fraction of sp³-hybridized carbons (Fsp3) is 0.500. The van der Waals surface area contributed by atoms with Gasteiger partial charge in [0.1, 0.15) is 5.82 Å². The van der Waals surface area contributed by atoms with Crippen molar-refractivity contribution >= 4 is 22.6 Å². The molecule has 0 radical (unpaired) electrons. The Bertz CT molecular complexity index is 283. The summed E-state index contributed by atoms with van der Waals surface area (Å²) in [7, 11) is 1.59. The van der Waals surface area contributed by atoms with Gasteiger partial charge in [0.05, 0.1) is 15.9 Å². The van der Waals surface area contributed by atoms with Gasteiger partial charge in [-0.2, -0.15) is 4.39 Å². The molecule has 0 aromatic carbocycles. The number of methoxy groups -OCH3 is 1. The predicted octanol–water partition coefficient (Wildman–Crippen LogP) is 1.72. The normalized spacial score (nSPS) is 10.5. The molecule has 13 heavy (non-hydrogen) atoms. The molecule has 0 fully saturated rings. The van der Waals surface area contributed by atoms with Crippen molar-refractivity contribution in [3.05, 3.63) is 21.0 Å². The minimum absolute atomic E-state index is 0.445. The van der Waals surface area contributed by atoms with Crippen LogP contribution in [0.4, 0.5) is 4.39 Å². The van der Waals surface area contributed by atoms with Gasteiger partial charge in [-0.05, 0) is 29.5 Å². The zero-order valence-corrected chi connectivity index (χ0v) is 9.63. The number of ether oxygens (including phenoxy) is 1. The zero-order valence-electron chi connectivity index (χ0n) is 7.47. The topological polar surface area (TPSA) is 35.0 Å². The fourth-order valence-corrected chi connectivity index (χ4v) is 1.13. The van der Waals surface area contributed by atoms with Crippen LogP contribution in [-0.2, 0) is 11.2 Å². The number of hydrogen-bond donors (Lipinski definition) is 0. The second-order valence-corrected chi connectivity index (χ2v) is 3.65. The second kappa shape index (κ2) is 4.80. The summed E-state index contributed by atoms with van der Waals surface area (Å²) in [5, 5.41) is 0. The molecule has 0 bridgehead atoms. The molecule has 1 aromatic heterocycles. The van der Waals surface area contributed by atoms with E-state index in [1.54, 1.807) is 14.0 Å². The summed E-state index contributed by atoms with van der Waals surface area (Å²) < 4.78 is 18.4. The Labute approximate surface area is 89.9 Å². The van der Waals surface area contributed by atoms with Crippen molar-refractivity contribution in [3.8, 4) is 0 Å². The zero-order chi connectivity index (χ0) is 9.84. The maximum Gasteiger partial charge on any atom is 0.229 e. The summed E-state index contributed by atoms with van der Waals surface area (Å²) in [5.41, 5.74) is 0.680. The Kier molecular flexibility index (Phi) is 3.98. The Morgan fingerprint density at radius 1 is 1.46 bits per heavy atom. The van der Waals surface area contributed by atoms with Crippen LogP contribution in [0, 0.1) is 16.4 Å². The van der Waals surface area contributed by atoms with E-state index in [9.17, 15) is 4.39 Å². The molecule has 0 saturated heterocycles. The van der Waals surface area contributed by atoms with E-state index in [0.29, 0.717) is 28.1 Å². The maximum absolute atomic E-state index is 13.1. The smallest absolute Gasteiger partial charge is 0.229 e. The average Bonchev–Trinajstić information content (AvgIpc) is 2.10. The number of aromatic nitrogens is 2. The van der Waals surface area contributed by atoms with Crippen molar-refractivity contribution in [1.82, 2.24) is 9.97 Å². The van der Waals surface area contributed by atoms with Gasteiger partial charge in [0.25, 0.3) is 0 Å². The molecular weight excluding hydrogens is 286 g/mol. The summed E-state index contributed by atoms with van der Waals surface area (Å²) in [6, 6.07) is 0. The highest BCUT2D eigenvalue weighted by atomic mass is 127. The van der Waals surface area contributed by atoms with E-state index in [0.717, 1.165) is 0 Å². The van der Waals surface area contributed by atoms with E-state index in [4.69, 9.17) is 4.74 Å². The van der Waals surface area contributed by atoms with Crippen LogP contribution in [0.2, 0.25) is 0 Å². The summed E-state index contributed by atoms with van der Waals surface area (Å²) in [6.45, 7) is 2.28. The molecule has 0 spiro atoms. The van der Waals surface area contributed by atoms with Gasteiger partial charge >= 0.3 is 0 Å². The van der Waals surface area contributed by atoms with Crippen molar-refractivity contribution in [3.63, 3.8) is 0 Å². The molecule has 0 aliphatic heterocycles. The summed E-state index contributed by atoms with van der Waals surface area (Å²) in [5.74, 6) is 0.0523. The van der Waals surface area contributed by atoms with Crippen molar-refractivity contribution in [2.75, 3.05) is 13.7 Å². The first kappa shape index (κ1) is 10.8. The first-order valence-corrected chi connectivity index (χ1v) is 4.90. The summed E-state index contributed by atoms with van der Waals surface area (Å²) >= 11 is 1.89. The van der Waals surface area contributed by atoms with Crippen LogP contribution in [0.15, 0.2) is 0 Å². The minimum atomic E-state index is -0.445. The van der Waals surface area contributed by atoms with Crippen molar-refractivity contribution < 1.29 is 9.13 Å². The molecule has 0 aliphatic carbocycles. The van der Waals surface area contributed by atoms with Crippen LogP contribution in [0.1, 0.15) is 11.5 Å². The molecular formula is C8H10FIN2O. The number of nitrogens with zero attached hydrogens (tertiary/aromatic N) is 2. The van der Waals surface area contributed by atoms with Crippen LogP contribution in [0.25, 0.3) is 0 Å². The van der Waals surface area contributed by atoms with Gasteiger partial charge in [0.2, 0.25) is 5.95 Å². The van der Waals surface area contributed by atoms with Crippen molar-refractivity contribution in [2.45, 2.75) is 13.3 Å². The van der Waals surface area contributed by atoms with Gasteiger partial charge in [-0.25, -0.2) is 9.97 Å². The van der Waals surface area contributed by atoms with Crippen LogP contribution >= 0.6 is 22.6 Å². The van der Waals surface area contributed by atoms with Crippen LogP contribution in [0.5, 0.6) is 0 Å². The molecule has 72 valence electrons. The highest BCUT2D eigenvalue weighted by Crippen LogP contribution is 2.12. The highest BCUT2D eigenvalue weighted by Gasteiger charge is 2.07.